The Hall–Kier alpha value is -0.465. The quantitative estimate of drug-likeness (QED) is 0.714. The van der Waals surface area contributed by atoms with Crippen LogP contribution in [0.25, 0.3) is 0 Å². The number of piperidine rings is 1. The second-order valence-corrected chi connectivity index (χ2v) is 9.03. The van der Waals surface area contributed by atoms with Crippen LogP contribution >= 0.6 is 0 Å². The van der Waals surface area contributed by atoms with Crippen molar-refractivity contribution in [2.45, 2.75) is 90.5 Å². The van der Waals surface area contributed by atoms with Crippen LogP contribution < -0.4 is 0 Å². The van der Waals surface area contributed by atoms with Gasteiger partial charge in [-0.3, -0.25) is 4.99 Å². The van der Waals surface area contributed by atoms with E-state index < -0.39 is 0 Å². The lowest BCUT2D eigenvalue weighted by Gasteiger charge is -2.44. The average molecular weight is 316 g/mol. The zero-order valence-electron chi connectivity index (χ0n) is 16.1. The van der Waals surface area contributed by atoms with Crippen molar-refractivity contribution in [1.82, 2.24) is 4.90 Å². The lowest BCUT2D eigenvalue weighted by molar-refractivity contribution is 0.197. The molecule has 0 aromatic heterocycles. The second kappa shape index (κ2) is 7.19. The van der Waals surface area contributed by atoms with Gasteiger partial charge in [-0.2, -0.15) is 0 Å². The Balaban J connectivity index is 1.89. The van der Waals surface area contributed by atoms with Crippen molar-refractivity contribution in [3.63, 3.8) is 0 Å². The monoisotopic (exact) mass is 316 g/mol. The number of fused-ring (bicyclic) bond motifs is 3. The van der Waals surface area contributed by atoms with Crippen LogP contribution in [0.4, 0.5) is 0 Å². The number of hydrogen-bond donors (Lipinski definition) is 0. The number of aliphatic imine (C=N–C) groups is 1. The summed E-state index contributed by atoms with van der Waals surface area (Å²) in [6.45, 7) is 10.5. The van der Waals surface area contributed by atoms with Crippen molar-refractivity contribution in [2.24, 2.45) is 28.7 Å². The van der Waals surface area contributed by atoms with E-state index in [-0.39, 0.29) is 0 Å². The number of nitrogens with zero attached hydrogens (tertiary/aromatic N) is 2. The maximum Gasteiger partial charge on any atom is 0.105 e. The molecule has 1 heterocycles. The molecular weight excluding hydrogens is 279 g/mol. The molecule has 130 valence electrons. The van der Waals surface area contributed by atoms with E-state index in [0.29, 0.717) is 12.1 Å². The molecule has 1 saturated heterocycles. The first kappa shape index (κ1) is 17.4. The molecule has 2 nitrogen and oxygen atoms in total. The molecule has 0 spiro atoms. The van der Waals surface area contributed by atoms with Crippen LogP contribution in [0.3, 0.4) is 0 Å². The molecule has 0 amide bonds. The maximum atomic E-state index is 5.28. The van der Waals surface area contributed by atoms with Crippen LogP contribution in [-0.2, 0) is 0 Å². The highest BCUT2D eigenvalue weighted by molar-refractivity contribution is 6.11. The van der Waals surface area contributed by atoms with E-state index in [4.69, 9.17) is 4.99 Å². The molecule has 3 fully saturated rings. The smallest absolute Gasteiger partial charge is 0.105 e. The Kier molecular flexibility index (Phi) is 5.43. The largest absolute Gasteiger partial charge is 0.358 e. The predicted molar refractivity (Wildman–Crippen MR) is 103 cm³/mol. The molecule has 2 aliphatic carbocycles. The van der Waals surface area contributed by atoms with Gasteiger partial charge in [0.05, 0.1) is 0 Å². The Bertz CT molecular complexity index is 433. The third-order valence-electron chi connectivity index (χ3n) is 6.91. The van der Waals surface area contributed by atoms with Gasteiger partial charge in [-0.25, -0.2) is 0 Å². The fourth-order valence-electron chi connectivity index (χ4n) is 5.05. The van der Waals surface area contributed by atoms with Gasteiger partial charge in [-0.05, 0) is 57.8 Å². The van der Waals surface area contributed by atoms with E-state index in [0.717, 1.165) is 35.9 Å². The summed E-state index contributed by atoms with van der Waals surface area (Å²) >= 11 is 0. The predicted octanol–water partition coefficient (Wildman–Crippen LogP) is 4.16. The molecular formula is C20H37BN2. The van der Waals surface area contributed by atoms with Gasteiger partial charge in [0, 0.05) is 24.5 Å². The van der Waals surface area contributed by atoms with Crippen LogP contribution in [0, 0.1) is 23.7 Å². The van der Waals surface area contributed by atoms with Crippen molar-refractivity contribution < 1.29 is 0 Å². The zero-order chi connectivity index (χ0) is 16.6. The first-order valence-electron chi connectivity index (χ1n) is 10.4. The fraction of sp³-hybridized carbons (Fsp3) is 0.950. The van der Waals surface area contributed by atoms with Crippen molar-refractivity contribution in [1.29, 1.82) is 0 Å². The molecule has 0 N–H and O–H groups in total. The molecule has 23 heavy (non-hydrogen) atoms. The van der Waals surface area contributed by atoms with Crippen molar-refractivity contribution in [3.05, 3.63) is 0 Å². The standard InChI is InChI=1S/C20H37BN2/c1-5-14(4)22-20-19-15(10-11-23(20)13(2)3)6-8-17(21)9-7-16-12-18(16)19/h13-19H,5-12,21H2,1-4H3/b22-20-. The normalized spacial score (nSPS) is 40.8. The highest BCUT2D eigenvalue weighted by Gasteiger charge is 2.50. The van der Waals surface area contributed by atoms with E-state index in [1.54, 1.807) is 0 Å². The highest BCUT2D eigenvalue weighted by atomic mass is 15.2. The minimum atomic E-state index is 0.480. The van der Waals surface area contributed by atoms with Crippen LogP contribution in [0.5, 0.6) is 0 Å². The van der Waals surface area contributed by atoms with Crippen LogP contribution in [0.15, 0.2) is 4.99 Å². The molecule has 1 aliphatic heterocycles. The van der Waals surface area contributed by atoms with E-state index >= 15 is 0 Å². The lowest BCUT2D eigenvalue weighted by Crippen LogP contribution is -2.50. The van der Waals surface area contributed by atoms with Gasteiger partial charge >= 0.3 is 0 Å². The van der Waals surface area contributed by atoms with Gasteiger partial charge in [0.15, 0.2) is 0 Å². The summed E-state index contributed by atoms with van der Waals surface area (Å²) in [7, 11) is 2.48. The average Bonchev–Trinajstić information content (AvgIpc) is 3.28. The summed E-state index contributed by atoms with van der Waals surface area (Å²) in [4.78, 5) is 7.94. The molecule has 3 heteroatoms. The summed E-state index contributed by atoms with van der Waals surface area (Å²) in [6, 6.07) is 1.08. The Labute approximate surface area is 144 Å². The van der Waals surface area contributed by atoms with Crippen molar-refractivity contribution in [2.75, 3.05) is 6.54 Å². The SMILES string of the molecule is BC1CCC2CC2C2/C(=N/C(C)CC)N(C(C)C)CCC2CC1. The van der Waals surface area contributed by atoms with E-state index in [2.05, 4.69) is 40.4 Å². The molecule has 0 aromatic rings. The molecule has 6 unspecified atom stereocenters. The highest BCUT2D eigenvalue weighted by Crippen LogP contribution is 2.54. The van der Waals surface area contributed by atoms with Gasteiger partial charge in [0.1, 0.15) is 13.7 Å². The van der Waals surface area contributed by atoms with E-state index in [9.17, 15) is 0 Å². The van der Waals surface area contributed by atoms with Crippen LogP contribution in [-0.4, -0.2) is 37.2 Å². The Morgan fingerprint density at radius 2 is 1.78 bits per heavy atom. The van der Waals surface area contributed by atoms with E-state index in [1.807, 2.05) is 0 Å². The summed E-state index contributed by atoms with van der Waals surface area (Å²) in [5, 5.41) is 0. The number of rotatable bonds is 3. The molecule has 6 atom stereocenters. The molecule has 2 saturated carbocycles. The Morgan fingerprint density at radius 3 is 2.43 bits per heavy atom. The molecule has 0 radical (unpaired) electrons. The first-order chi connectivity index (χ1) is 11.0. The summed E-state index contributed by atoms with van der Waals surface area (Å²) in [5.74, 6) is 6.09. The fourth-order valence-corrected chi connectivity index (χ4v) is 5.05. The number of amidine groups is 1. The minimum Gasteiger partial charge on any atom is -0.358 e. The van der Waals surface area contributed by atoms with Gasteiger partial charge in [0.2, 0.25) is 0 Å². The van der Waals surface area contributed by atoms with Crippen LogP contribution in [0.1, 0.15) is 72.6 Å². The third kappa shape index (κ3) is 3.79. The van der Waals surface area contributed by atoms with Crippen molar-refractivity contribution in [3.8, 4) is 0 Å². The van der Waals surface area contributed by atoms with Crippen LogP contribution in [0.2, 0.25) is 5.82 Å². The summed E-state index contributed by atoms with van der Waals surface area (Å²) < 4.78 is 0. The lowest BCUT2D eigenvalue weighted by atomic mass is 9.74. The number of hydrogen-bond acceptors (Lipinski definition) is 1. The van der Waals surface area contributed by atoms with Gasteiger partial charge in [-0.1, -0.05) is 38.4 Å². The third-order valence-corrected chi connectivity index (χ3v) is 6.91. The molecule has 3 aliphatic rings. The number of likely N-dealkylation sites (tertiary alicyclic amines) is 1. The summed E-state index contributed by atoms with van der Waals surface area (Å²) in [6.07, 6.45) is 9.88. The van der Waals surface area contributed by atoms with Gasteiger partial charge in [-0.15, -0.1) is 0 Å². The molecule has 3 rings (SSSR count). The van der Waals surface area contributed by atoms with Crippen molar-refractivity contribution >= 4 is 13.7 Å². The second-order valence-electron chi connectivity index (χ2n) is 9.03. The minimum absolute atomic E-state index is 0.480. The maximum absolute atomic E-state index is 5.28. The first-order valence-corrected chi connectivity index (χ1v) is 10.4. The summed E-state index contributed by atoms with van der Waals surface area (Å²) in [5.41, 5.74) is 0. The zero-order valence-corrected chi connectivity index (χ0v) is 16.1. The topological polar surface area (TPSA) is 15.6 Å². The van der Waals surface area contributed by atoms with E-state index in [1.165, 1.54) is 50.9 Å². The van der Waals surface area contributed by atoms with Gasteiger partial charge < -0.3 is 4.90 Å². The van der Waals surface area contributed by atoms with Gasteiger partial charge in [0.25, 0.3) is 0 Å². The molecule has 0 bridgehead atoms. The molecule has 0 aromatic carbocycles. The Morgan fingerprint density at radius 1 is 1.09 bits per heavy atom.